The van der Waals surface area contributed by atoms with Crippen molar-refractivity contribution >= 4 is 77.5 Å². The zero-order valence-corrected chi connectivity index (χ0v) is 33.6. The number of benzene rings is 4. The first-order valence-electron chi connectivity index (χ1n) is 15.0. The second kappa shape index (κ2) is 16.5. The SMILES string of the molecule is COc1ccc(S(=O)(=O)[O-])cc1[PH+](CCC[PH+](c1cc(S(=O)(=O)[O-])ccc1OC)c1cc(S(=O)(=O)O)ccc1OC)c1cc(S(=O)(=O)O)ccc1OC. The van der Waals surface area contributed by atoms with Crippen LogP contribution in [-0.4, -0.2) is 92.6 Å². The van der Waals surface area contributed by atoms with Crippen molar-refractivity contribution in [3.63, 3.8) is 0 Å². The van der Waals surface area contributed by atoms with Crippen LogP contribution in [0, 0.1) is 0 Å². The third-order valence-electron chi connectivity index (χ3n) is 8.01. The molecule has 2 atom stereocenters. The molecule has 288 valence electrons. The smallest absolute Gasteiger partial charge is 0.294 e. The third-order valence-corrected chi connectivity index (χ3v) is 17.2. The molecule has 0 saturated carbocycles. The molecule has 0 aliphatic carbocycles. The highest BCUT2D eigenvalue weighted by molar-refractivity contribution is 7.86. The van der Waals surface area contributed by atoms with Crippen LogP contribution in [0.4, 0.5) is 0 Å². The lowest BCUT2D eigenvalue weighted by Gasteiger charge is -2.20. The molecule has 0 aliphatic heterocycles. The van der Waals surface area contributed by atoms with Gasteiger partial charge in [0.05, 0.1) is 76.2 Å². The van der Waals surface area contributed by atoms with Gasteiger partial charge in [-0.3, -0.25) is 9.11 Å². The Labute approximate surface area is 309 Å². The summed E-state index contributed by atoms with van der Waals surface area (Å²) < 4.78 is 164. The molecule has 0 spiro atoms. The highest BCUT2D eigenvalue weighted by Crippen LogP contribution is 2.46. The van der Waals surface area contributed by atoms with Crippen LogP contribution in [0.15, 0.2) is 92.4 Å². The Morgan fingerprint density at radius 2 is 0.717 bits per heavy atom. The number of hydrogen-bond acceptors (Lipinski definition) is 14. The van der Waals surface area contributed by atoms with Crippen molar-refractivity contribution in [1.29, 1.82) is 0 Å². The Balaban J connectivity index is 1.98. The Bertz CT molecular complexity index is 2120. The lowest BCUT2D eigenvalue weighted by Crippen LogP contribution is -2.22. The second-order valence-corrected chi connectivity index (χ2v) is 21.8. The van der Waals surface area contributed by atoms with Gasteiger partial charge in [-0.05, 0) is 48.5 Å². The van der Waals surface area contributed by atoms with Crippen LogP contribution in [0.2, 0.25) is 0 Å². The van der Waals surface area contributed by atoms with Gasteiger partial charge in [0.15, 0.2) is 23.0 Å². The van der Waals surface area contributed by atoms with Crippen LogP contribution in [0.5, 0.6) is 23.0 Å². The Morgan fingerprint density at radius 3 is 0.943 bits per heavy atom. The first kappa shape index (κ1) is 42.3. The minimum Gasteiger partial charge on any atom is -0.744 e. The molecular formula is C31H34O16P2S4. The van der Waals surface area contributed by atoms with E-state index in [0.717, 1.165) is 48.5 Å². The first-order chi connectivity index (χ1) is 24.6. The molecule has 2 unspecified atom stereocenters. The monoisotopic (exact) mass is 852 g/mol. The predicted molar refractivity (Wildman–Crippen MR) is 197 cm³/mol. The van der Waals surface area contributed by atoms with E-state index >= 15 is 0 Å². The number of ether oxygens (including phenoxy) is 4. The summed E-state index contributed by atoms with van der Waals surface area (Å²) in [6.45, 7) is 0. The van der Waals surface area contributed by atoms with Crippen LogP contribution in [0.1, 0.15) is 6.42 Å². The maximum absolute atomic E-state index is 12.2. The molecule has 0 heterocycles. The van der Waals surface area contributed by atoms with Crippen molar-refractivity contribution in [2.45, 2.75) is 26.0 Å². The van der Waals surface area contributed by atoms with E-state index in [1.165, 1.54) is 52.7 Å². The summed E-state index contributed by atoms with van der Waals surface area (Å²) in [5.41, 5.74) is 0. The van der Waals surface area contributed by atoms with Gasteiger partial charge in [0.2, 0.25) is 0 Å². The molecular weight excluding hydrogens is 819 g/mol. The van der Waals surface area contributed by atoms with Gasteiger partial charge in [-0.25, -0.2) is 16.8 Å². The molecule has 0 bridgehead atoms. The van der Waals surface area contributed by atoms with Crippen LogP contribution < -0.4 is 40.2 Å². The van der Waals surface area contributed by atoms with Crippen LogP contribution in [-0.2, 0) is 40.5 Å². The summed E-state index contributed by atoms with van der Waals surface area (Å²) in [4.78, 5) is -2.20. The van der Waals surface area contributed by atoms with Gasteiger partial charge in [-0.1, -0.05) is 0 Å². The molecule has 4 aromatic rings. The summed E-state index contributed by atoms with van der Waals surface area (Å²) in [6.07, 6.45) is 0.353. The zero-order valence-electron chi connectivity index (χ0n) is 28.3. The van der Waals surface area contributed by atoms with Gasteiger partial charge in [0, 0.05) is 30.7 Å². The molecule has 2 N–H and O–H groups in total. The van der Waals surface area contributed by atoms with Crippen molar-refractivity contribution < 1.29 is 70.8 Å². The van der Waals surface area contributed by atoms with Crippen LogP contribution in [0.25, 0.3) is 0 Å². The highest BCUT2D eigenvalue weighted by Gasteiger charge is 2.36. The Kier molecular flexibility index (Phi) is 13.2. The van der Waals surface area contributed by atoms with Gasteiger partial charge < -0.3 is 28.1 Å². The van der Waals surface area contributed by atoms with E-state index in [2.05, 4.69) is 0 Å². The highest BCUT2D eigenvalue weighted by atomic mass is 32.2. The second-order valence-electron chi connectivity index (χ2n) is 11.1. The quantitative estimate of drug-likeness (QED) is 0.119. The van der Waals surface area contributed by atoms with E-state index in [9.17, 15) is 51.9 Å². The van der Waals surface area contributed by atoms with Gasteiger partial charge in [-0.15, -0.1) is 0 Å². The van der Waals surface area contributed by atoms with E-state index in [1.54, 1.807) is 0 Å². The first-order valence-corrected chi connectivity index (χ1v) is 24.1. The molecule has 0 aliphatic rings. The molecule has 0 saturated heterocycles. The Morgan fingerprint density at radius 1 is 0.472 bits per heavy atom. The average molecular weight is 853 g/mol. The summed E-state index contributed by atoms with van der Waals surface area (Å²) in [5.74, 6) is 0.612. The maximum atomic E-state index is 12.2. The van der Waals surface area contributed by atoms with E-state index in [4.69, 9.17) is 18.9 Å². The van der Waals surface area contributed by atoms with Gasteiger partial charge >= 0.3 is 0 Å². The summed E-state index contributed by atoms with van der Waals surface area (Å²) >= 11 is 0. The molecule has 4 rings (SSSR count). The lowest BCUT2D eigenvalue weighted by atomic mass is 10.3. The molecule has 0 aromatic heterocycles. The Hall–Kier alpha value is -3.42. The minimum atomic E-state index is -4.99. The maximum Gasteiger partial charge on any atom is 0.294 e. The average Bonchev–Trinajstić information content (AvgIpc) is 3.09. The van der Waals surface area contributed by atoms with Gasteiger partial charge in [0.25, 0.3) is 20.2 Å². The van der Waals surface area contributed by atoms with Crippen LogP contribution in [0.3, 0.4) is 0 Å². The topological polar surface area (TPSA) is 260 Å². The van der Waals surface area contributed by atoms with Crippen molar-refractivity contribution in [2.75, 3.05) is 40.8 Å². The van der Waals surface area contributed by atoms with E-state index in [-0.39, 0.29) is 63.0 Å². The summed E-state index contributed by atoms with van der Waals surface area (Å²) in [7, 11) is -19.2. The fourth-order valence-electron chi connectivity index (χ4n) is 5.59. The van der Waals surface area contributed by atoms with Crippen molar-refractivity contribution in [3.05, 3.63) is 72.8 Å². The minimum absolute atomic E-state index is 0.102. The lowest BCUT2D eigenvalue weighted by molar-refractivity contribution is 0.416. The molecule has 22 heteroatoms. The molecule has 0 fully saturated rings. The number of rotatable bonds is 16. The standard InChI is InChI=1S/C31H34O16P2S4/c1-44-24-10-6-20(50(32,33)34)16-28(24)48(29-17-21(51(35,36)37)7-11-25(29)45-2)14-5-15-49(30-18-22(52(38,39)40)8-12-26(30)46-3)31-19-23(53(41,42)43)9-13-27(31)47-4/h6-13,16-19H,5,14-15H2,1-4H3,(H,32,33,34)(H,35,36,37)(H,38,39,40)(H,41,42,43). The molecule has 53 heavy (non-hydrogen) atoms. The van der Waals surface area contributed by atoms with Crippen molar-refractivity contribution in [3.8, 4) is 23.0 Å². The van der Waals surface area contributed by atoms with E-state index in [0.29, 0.717) is 0 Å². The predicted octanol–water partition coefficient (Wildman–Crippen LogP) is 1.44. The van der Waals surface area contributed by atoms with Crippen molar-refractivity contribution in [1.82, 2.24) is 0 Å². The van der Waals surface area contributed by atoms with Gasteiger partial charge in [0.1, 0.15) is 41.5 Å². The normalized spacial score (nSPS) is 13.6. The van der Waals surface area contributed by atoms with Gasteiger partial charge in [-0.2, -0.15) is 16.8 Å². The molecule has 0 radical (unpaired) electrons. The summed E-state index contributed by atoms with van der Waals surface area (Å²) in [6, 6.07) is 14.0. The third kappa shape index (κ3) is 10.0. The van der Waals surface area contributed by atoms with E-state index in [1.807, 2.05) is 0 Å². The zero-order chi connectivity index (χ0) is 39.5. The molecule has 4 aromatic carbocycles. The van der Waals surface area contributed by atoms with Crippen molar-refractivity contribution in [2.24, 2.45) is 0 Å². The number of methoxy groups -OCH3 is 4. The molecule has 0 amide bonds. The fourth-order valence-corrected chi connectivity index (χ4v) is 14.3. The van der Waals surface area contributed by atoms with Crippen LogP contribution >= 0.6 is 15.8 Å². The fraction of sp³-hybridized carbons (Fsp3) is 0.226. The van der Waals surface area contributed by atoms with E-state index < -0.39 is 75.9 Å². The number of hydrogen-bond donors (Lipinski definition) is 2. The largest absolute Gasteiger partial charge is 0.744 e. The summed E-state index contributed by atoms with van der Waals surface area (Å²) in [5, 5.41) is 0.917. The molecule has 16 nitrogen and oxygen atoms in total.